The highest BCUT2D eigenvalue weighted by atomic mass is 16.5. The molecule has 2 aromatic rings. The van der Waals surface area contributed by atoms with Gasteiger partial charge in [-0.25, -0.2) is 0 Å². The van der Waals surface area contributed by atoms with Crippen LogP contribution in [0.25, 0.3) is 0 Å². The van der Waals surface area contributed by atoms with Gasteiger partial charge in [0.2, 0.25) is 0 Å². The Morgan fingerprint density at radius 3 is 2.33 bits per heavy atom. The molecular weight excluding hydrogens is 300 g/mol. The van der Waals surface area contributed by atoms with Crippen molar-refractivity contribution in [1.29, 1.82) is 0 Å². The van der Waals surface area contributed by atoms with Gasteiger partial charge >= 0.3 is 0 Å². The lowest BCUT2D eigenvalue weighted by Crippen LogP contribution is -2.21. The molecule has 0 aromatic heterocycles. The molecule has 1 amide bonds. The molecule has 0 saturated heterocycles. The second-order valence-corrected chi connectivity index (χ2v) is 6.47. The fourth-order valence-corrected chi connectivity index (χ4v) is 2.20. The van der Waals surface area contributed by atoms with Crippen LogP contribution in [-0.4, -0.2) is 19.1 Å². The van der Waals surface area contributed by atoms with Gasteiger partial charge in [-0.3, -0.25) is 4.79 Å². The molecule has 2 rings (SSSR count). The predicted molar refractivity (Wildman–Crippen MR) is 99.8 cm³/mol. The summed E-state index contributed by atoms with van der Waals surface area (Å²) in [7, 11) is 0. The highest BCUT2D eigenvalue weighted by molar-refractivity contribution is 5.95. The number of hydrogen-bond acceptors (Lipinski definition) is 3. The molecule has 0 radical (unpaired) electrons. The molecule has 0 aliphatic rings. The number of nitrogens with one attached hydrogen (secondary N) is 2. The van der Waals surface area contributed by atoms with Crippen LogP contribution < -0.4 is 15.4 Å². The largest absolute Gasteiger partial charge is 0.484 e. The van der Waals surface area contributed by atoms with Crippen molar-refractivity contribution in [3.63, 3.8) is 0 Å². The monoisotopic (exact) mass is 326 g/mol. The minimum atomic E-state index is -0.174. The van der Waals surface area contributed by atoms with Crippen LogP contribution in [0, 0.1) is 19.8 Å². The van der Waals surface area contributed by atoms with E-state index in [1.165, 1.54) is 0 Å². The average Bonchev–Trinajstić information content (AvgIpc) is 2.54. The Hall–Kier alpha value is -2.49. The standard InChI is InChI=1S/C20H26N2O2/c1-14(2)12-21-19-11-16(4)7-10-18(19)22-20(23)13-24-17-8-5-15(3)6-9-17/h5-11,14,21H,12-13H2,1-4H3,(H,22,23). The summed E-state index contributed by atoms with van der Waals surface area (Å²) in [5, 5.41) is 6.30. The highest BCUT2D eigenvalue weighted by Crippen LogP contribution is 2.23. The Kier molecular flexibility index (Phi) is 6.24. The smallest absolute Gasteiger partial charge is 0.262 e. The van der Waals surface area contributed by atoms with Crippen molar-refractivity contribution >= 4 is 17.3 Å². The third-order valence-corrected chi connectivity index (χ3v) is 3.54. The van der Waals surface area contributed by atoms with E-state index in [1.54, 1.807) is 0 Å². The number of carbonyl (C=O) groups is 1. The van der Waals surface area contributed by atoms with Crippen LogP contribution in [0.5, 0.6) is 5.75 Å². The molecule has 0 unspecified atom stereocenters. The summed E-state index contributed by atoms with van der Waals surface area (Å²) in [4.78, 5) is 12.2. The molecule has 0 heterocycles. The van der Waals surface area contributed by atoms with Crippen LogP contribution in [0.3, 0.4) is 0 Å². The maximum Gasteiger partial charge on any atom is 0.262 e. The van der Waals surface area contributed by atoms with E-state index in [4.69, 9.17) is 4.74 Å². The molecule has 0 fully saturated rings. The fourth-order valence-electron chi connectivity index (χ4n) is 2.20. The Bertz CT molecular complexity index is 679. The number of carbonyl (C=O) groups excluding carboxylic acids is 1. The molecule has 24 heavy (non-hydrogen) atoms. The molecule has 128 valence electrons. The minimum Gasteiger partial charge on any atom is -0.484 e. The average molecular weight is 326 g/mol. The number of benzene rings is 2. The number of rotatable bonds is 7. The Morgan fingerprint density at radius 2 is 1.67 bits per heavy atom. The van der Waals surface area contributed by atoms with Crippen molar-refractivity contribution in [2.24, 2.45) is 5.92 Å². The van der Waals surface area contributed by atoms with E-state index in [0.29, 0.717) is 11.7 Å². The van der Waals surface area contributed by atoms with Crippen molar-refractivity contribution in [1.82, 2.24) is 0 Å². The highest BCUT2D eigenvalue weighted by Gasteiger charge is 2.08. The first-order valence-electron chi connectivity index (χ1n) is 8.28. The predicted octanol–water partition coefficient (Wildman–Crippen LogP) is 4.39. The van der Waals surface area contributed by atoms with Gasteiger partial charge in [0.1, 0.15) is 5.75 Å². The molecule has 0 bridgehead atoms. The second kappa shape index (κ2) is 8.39. The van der Waals surface area contributed by atoms with Crippen molar-refractivity contribution in [2.45, 2.75) is 27.7 Å². The van der Waals surface area contributed by atoms with Gasteiger partial charge in [-0.05, 0) is 49.6 Å². The van der Waals surface area contributed by atoms with Crippen LogP contribution in [-0.2, 0) is 4.79 Å². The van der Waals surface area contributed by atoms with Crippen molar-refractivity contribution in [3.8, 4) is 5.75 Å². The second-order valence-electron chi connectivity index (χ2n) is 6.47. The molecule has 4 nitrogen and oxygen atoms in total. The molecular formula is C20H26N2O2. The summed E-state index contributed by atoms with van der Waals surface area (Å²) < 4.78 is 5.52. The first-order chi connectivity index (χ1) is 11.4. The minimum absolute atomic E-state index is 0.0133. The van der Waals surface area contributed by atoms with Crippen molar-refractivity contribution in [3.05, 3.63) is 53.6 Å². The van der Waals surface area contributed by atoms with E-state index in [9.17, 15) is 4.79 Å². The number of amides is 1. The lowest BCUT2D eigenvalue weighted by Gasteiger charge is -2.15. The molecule has 0 aliphatic heterocycles. The number of anilines is 2. The van der Waals surface area contributed by atoms with Crippen LogP contribution in [0.2, 0.25) is 0 Å². The third-order valence-electron chi connectivity index (χ3n) is 3.54. The Balaban J connectivity index is 1.96. The van der Waals surface area contributed by atoms with Gasteiger partial charge < -0.3 is 15.4 Å². The molecule has 2 aromatic carbocycles. The van der Waals surface area contributed by atoms with Crippen LogP contribution in [0.1, 0.15) is 25.0 Å². The topological polar surface area (TPSA) is 50.4 Å². The molecule has 2 N–H and O–H groups in total. The van der Waals surface area contributed by atoms with Gasteiger partial charge in [-0.1, -0.05) is 37.6 Å². The third kappa shape index (κ3) is 5.61. The first-order valence-corrected chi connectivity index (χ1v) is 8.28. The molecule has 0 spiro atoms. The normalized spacial score (nSPS) is 10.5. The van der Waals surface area contributed by atoms with E-state index < -0.39 is 0 Å². The van der Waals surface area contributed by atoms with Gasteiger partial charge in [0.15, 0.2) is 6.61 Å². The van der Waals surface area contributed by atoms with Gasteiger partial charge in [0, 0.05) is 6.54 Å². The van der Waals surface area contributed by atoms with Crippen LogP contribution in [0.4, 0.5) is 11.4 Å². The Morgan fingerprint density at radius 1 is 1.00 bits per heavy atom. The number of aryl methyl sites for hydroxylation is 2. The lowest BCUT2D eigenvalue weighted by atomic mass is 10.1. The summed E-state index contributed by atoms with van der Waals surface area (Å²) >= 11 is 0. The van der Waals surface area contributed by atoms with Crippen molar-refractivity contribution < 1.29 is 9.53 Å². The van der Waals surface area contributed by atoms with E-state index in [0.717, 1.165) is 29.0 Å². The summed E-state index contributed by atoms with van der Waals surface area (Å²) in [5.41, 5.74) is 4.02. The summed E-state index contributed by atoms with van der Waals surface area (Å²) in [5.74, 6) is 1.05. The van der Waals surface area contributed by atoms with E-state index >= 15 is 0 Å². The quantitative estimate of drug-likeness (QED) is 0.793. The zero-order chi connectivity index (χ0) is 17.5. The summed E-state index contributed by atoms with van der Waals surface area (Å²) in [6.07, 6.45) is 0. The van der Waals surface area contributed by atoms with Crippen LogP contribution >= 0.6 is 0 Å². The number of hydrogen-bond donors (Lipinski definition) is 2. The summed E-state index contributed by atoms with van der Waals surface area (Å²) in [6.45, 7) is 9.19. The first kappa shape index (κ1) is 17.9. The van der Waals surface area contributed by atoms with Crippen molar-refractivity contribution in [2.75, 3.05) is 23.8 Å². The van der Waals surface area contributed by atoms with Gasteiger partial charge in [-0.2, -0.15) is 0 Å². The van der Waals surface area contributed by atoms with Gasteiger partial charge in [0.05, 0.1) is 11.4 Å². The van der Waals surface area contributed by atoms with E-state index in [-0.39, 0.29) is 12.5 Å². The zero-order valence-corrected chi connectivity index (χ0v) is 14.8. The zero-order valence-electron chi connectivity index (χ0n) is 14.8. The maximum atomic E-state index is 12.2. The molecule has 0 aliphatic carbocycles. The lowest BCUT2D eigenvalue weighted by molar-refractivity contribution is -0.118. The van der Waals surface area contributed by atoms with Gasteiger partial charge in [0.25, 0.3) is 5.91 Å². The maximum absolute atomic E-state index is 12.2. The van der Waals surface area contributed by atoms with E-state index in [2.05, 4.69) is 24.5 Å². The number of ether oxygens (including phenoxy) is 1. The molecule has 0 saturated carbocycles. The van der Waals surface area contributed by atoms with E-state index in [1.807, 2.05) is 56.3 Å². The fraction of sp³-hybridized carbons (Fsp3) is 0.350. The molecule has 4 heteroatoms. The summed E-state index contributed by atoms with van der Waals surface area (Å²) in [6, 6.07) is 13.6. The van der Waals surface area contributed by atoms with Gasteiger partial charge in [-0.15, -0.1) is 0 Å². The SMILES string of the molecule is Cc1ccc(OCC(=O)Nc2ccc(C)cc2NCC(C)C)cc1. The Labute approximate surface area is 144 Å². The molecule has 0 atom stereocenters. The van der Waals surface area contributed by atoms with Crippen LogP contribution in [0.15, 0.2) is 42.5 Å².